The molecular weight excluding hydrogens is 302 g/mol. The van der Waals surface area contributed by atoms with Gasteiger partial charge in [-0.1, -0.05) is 51.8 Å². The third-order valence-electron chi connectivity index (χ3n) is 3.17. The van der Waals surface area contributed by atoms with Crippen molar-refractivity contribution < 1.29 is 4.74 Å². The van der Waals surface area contributed by atoms with Crippen LogP contribution in [-0.2, 0) is 6.42 Å². The molecule has 0 saturated heterocycles. The van der Waals surface area contributed by atoms with Crippen molar-refractivity contribution >= 4 is 15.9 Å². The monoisotopic (exact) mass is 319 g/mol. The van der Waals surface area contributed by atoms with E-state index >= 15 is 0 Å². The van der Waals surface area contributed by atoms with Crippen LogP contribution in [-0.4, -0.2) is 7.11 Å². The molecule has 0 spiro atoms. The Morgan fingerprint density at radius 1 is 1.16 bits per heavy atom. The van der Waals surface area contributed by atoms with E-state index in [1.165, 1.54) is 11.1 Å². The number of benzene rings is 2. The summed E-state index contributed by atoms with van der Waals surface area (Å²) >= 11 is 3.44. The Morgan fingerprint density at radius 3 is 2.47 bits per heavy atom. The van der Waals surface area contributed by atoms with Gasteiger partial charge >= 0.3 is 0 Å². The van der Waals surface area contributed by atoms with Crippen LogP contribution in [0.3, 0.4) is 0 Å². The number of hydrogen-bond acceptors (Lipinski definition) is 2. The molecule has 1 unspecified atom stereocenters. The van der Waals surface area contributed by atoms with Crippen LogP contribution < -0.4 is 10.5 Å². The molecule has 0 radical (unpaired) electrons. The van der Waals surface area contributed by atoms with E-state index in [4.69, 9.17) is 10.5 Å². The predicted octanol–water partition coefficient (Wildman–Crippen LogP) is 4.01. The summed E-state index contributed by atoms with van der Waals surface area (Å²) in [4.78, 5) is 0. The van der Waals surface area contributed by atoms with E-state index in [0.29, 0.717) is 0 Å². The second kappa shape index (κ2) is 6.22. The van der Waals surface area contributed by atoms with Crippen molar-refractivity contribution in [2.45, 2.75) is 19.4 Å². The second-order valence-electron chi connectivity index (χ2n) is 4.68. The number of ether oxygens (including phenoxy) is 1. The number of halogens is 1. The molecule has 0 aliphatic carbocycles. The molecule has 2 N–H and O–H groups in total. The first kappa shape index (κ1) is 14.1. The van der Waals surface area contributed by atoms with Gasteiger partial charge in [0.1, 0.15) is 5.75 Å². The zero-order chi connectivity index (χ0) is 13.8. The predicted molar refractivity (Wildman–Crippen MR) is 82.5 cm³/mol. The normalized spacial score (nSPS) is 12.2. The zero-order valence-corrected chi connectivity index (χ0v) is 12.8. The number of rotatable bonds is 4. The van der Waals surface area contributed by atoms with Gasteiger partial charge in [0, 0.05) is 16.1 Å². The van der Waals surface area contributed by atoms with Crippen molar-refractivity contribution in [1.82, 2.24) is 0 Å². The molecule has 0 heterocycles. The van der Waals surface area contributed by atoms with Crippen molar-refractivity contribution in [3.05, 3.63) is 63.6 Å². The summed E-state index contributed by atoms with van der Waals surface area (Å²) < 4.78 is 6.39. The second-order valence-corrected chi connectivity index (χ2v) is 5.60. The fourth-order valence-corrected chi connectivity index (χ4v) is 2.42. The van der Waals surface area contributed by atoms with Crippen LogP contribution >= 0.6 is 15.9 Å². The molecule has 0 aliphatic rings. The molecule has 1 atom stereocenters. The summed E-state index contributed by atoms with van der Waals surface area (Å²) in [7, 11) is 1.67. The van der Waals surface area contributed by atoms with E-state index < -0.39 is 0 Å². The van der Waals surface area contributed by atoms with Crippen LogP contribution in [0.1, 0.15) is 22.7 Å². The highest BCUT2D eigenvalue weighted by molar-refractivity contribution is 9.10. The van der Waals surface area contributed by atoms with E-state index in [9.17, 15) is 0 Å². The van der Waals surface area contributed by atoms with Gasteiger partial charge in [0.15, 0.2) is 0 Å². The summed E-state index contributed by atoms with van der Waals surface area (Å²) in [6.45, 7) is 2.08. The minimum atomic E-state index is -0.0641. The van der Waals surface area contributed by atoms with E-state index in [-0.39, 0.29) is 6.04 Å². The Kier molecular flexibility index (Phi) is 4.61. The number of nitrogens with two attached hydrogens (primary N) is 1. The summed E-state index contributed by atoms with van der Waals surface area (Å²) in [5, 5.41) is 0. The average molecular weight is 320 g/mol. The molecule has 19 heavy (non-hydrogen) atoms. The molecule has 3 heteroatoms. The summed E-state index contributed by atoms with van der Waals surface area (Å²) in [5.41, 5.74) is 9.83. The van der Waals surface area contributed by atoms with Crippen molar-refractivity contribution in [3.63, 3.8) is 0 Å². The minimum Gasteiger partial charge on any atom is -0.496 e. The standard InChI is InChI=1S/C16H18BrNO/c1-11-3-5-12(6-4-11)9-15(18)14-8-7-13(17)10-16(14)19-2/h3-8,10,15H,9,18H2,1-2H3. The lowest BCUT2D eigenvalue weighted by atomic mass is 9.98. The van der Waals surface area contributed by atoms with Crippen molar-refractivity contribution in [1.29, 1.82) is 0 Å². The van der Waals surface area contributed by atoms with Crippen molar-refractivity contribution in [2.24, 2.45) is 5.73 Å². The lowest BCUT2D eigenvalue weighted by Crippen LogP contribution is -2.14. The van der Waals surface area contributed by atoms with Crippen LogP contribution in [0.4, 0.5) is 0 Å². The summed E-state index contributed by atoms with van der Waals surface area (Å²) in [6, 6.07) is 14.4. The third kappa shape index (κ3) is 3.58. The van der Waals surface area contributed by atoms with Gasteiger partial charge in [-0.25, -0.2) is 0 Å². The molecule has 0 bridgehead atoms. The minimum absolute atomic E-state index is 0.0641. The number of methoxy groups -OCH3 is 1. The van der Waals surface area contributed by atoms with E-state index in [1.54, 1.807) is 7.11 Å². The Balaban J connectivity index is 2.19. The zero-order valence-electron chi connectivity index (χ0n) is 11.2. The Morgan fingerprint density at radius 2 is 1.84 bits per heavy atom. The molecule has 100 valence electrons. The Hall–Kier alpha value is -1.32. The van der Waals surface area contributed by atoms with Crippen LogP contribution in [0.5, 0.6) is 5.75 Å². The quantitative estimate of drug-likeness (QED) is 0.924. The van der Waals surface area contributed by atoms with E-state index in [1.807, 2.05) is 18.2 Å². The van der Waals surface area contributed by atoms with E-state index in [0.717, 1.165) is 22.2 Å². The summed E-state index contributed by atoms with van der Waals surface area (Å²) in [5.74, 6) is 0.828. The van der Waals surface area contributed by atoms with Crippen molar-refractivity contribution in [2.75, 3.05) is 7.11 Å². The Bertz CT molecular complexity index is 551. The fourth-order valence-electron chi connectivity index (χ4n) is 2.08. The maximum absolute atomic E-state index is 6.30. The highest BCUT2D eigenvalue weighted by Gasteiger charge is 2.12. The van der Waals surface area contributed by atoms with Gasteiger partial charge in [-0.15, -0.1) is 0 Å². The molecule has 0 fully saturated rings. The highest BCUT2D eigenvalue weighted by atomic mass is 79.9. The van der Waals surface area contributed by atoms with Gasteiger partial charge < -0.3 is 10.5 Å². The molecule has 2 rings (SSSR count). The van der Waals surface area contributed by atoms with Crippen LogP contribution in [0.2, 0.25) is 0 Å². The van der Waals surface area contributed by atoms with E-state index in [2.05, 4.69) is 47.1 Å². The molecule has 0 saturated carbocycles. The first-order valence-corrected chi connectivity index (χ1v) is 7.04. The van der Waals surface area contributed by atoms with Gasteiger partial charge in [0.2, 0.25) is 0 Å². The molecule has 2 aromatic carbocycles. The summed E-state index contributed by atoms with van der Waals surface area (Å²) in [6.07, 6.45) is 0.804. The highest BCUT2D eigenvalue weighted by Crippen LogP contribution is 2.29. The maximum Gasteiger partial charge on any atom is 0.124 e. The van der Waals surface area contributed by atoms with Crippen molar-refractivity contribution in [3.8, 4) is 5.75 Å². The topological polar surface area (TPSA) is 35.2 Å². The van der Waals surface area contributed by atoms with Gasteiger partial charge in [-0.2, -0.15) is 0 Å². The van der Waals surface area contributed by atoms with Gasteiger partial charge in [-0.05, 0) is 31.0 Å². The molecule has 0 aliphatic heterocycles. The smallest absolute Gasteiger partial charge is 0.124 e. The molecule has 2 aromatic rings. The molecule has 0 aromatic heterocycles. The van der Waals surface area contributed by atoms with Crippen LogP contribution in [0, 0.1) is 6.92 Å². The van der Waals surface area contributed by atoms with Crippen LogP contribution in [0.15, 0.2) is 46.9 Å². The number of hydrogen-bond donors (Lipinski definition) is 1. The first-order chi connectivity index (χ1) is 9.10. The van der Waals surface area contributed by atoms with Gasteiger partial charge in [0.05, 0.1) is 7.11 Å². The van der Waals surface area contributed by atoms with Gasteiger partial charge in [0.25, 0.3) is 0 Å². The maximum atomic E-state index is 6.30. The lowest BCUT2D eigenvalue weighted by Gasteiger charge is -2.16. The SMILES string of the molecule is COc1cc(Br)ccc1C(N)Cc1ccc(C)cc1. The molecular formula is C16H18BrNO. The molecule has 0 amide bonds. The number of aryl methyl sites for hydroxylation is 1. The lowest BCUT2D eigenvalue weighted by molar-refractivity contribution is 0.405. The Labute approximate surface area is 122 Å². The van der Waals surface area contributed by atoms with Crippen LogP contribution in [0.25, 0.3) is 0 Å². The third-order valence-corrected chi connectivity index (χ3v) is 3.66. The van der Waals surface area contributed by atoms with Gasteiger partial charge in [-0.3, -0.25) is 0 Å². The first-order valence-electron chi connectivity index (χ1n) is 6.24. The fraction of sp³-hybridized carbons (Fsp3) is 0.250. The molecule has 2 nitrogen and oxygen atoms in total. The average Bonchev–Trinajstić information content (AvgIpc) is 2.41. The largest absolute Gasteiger partial charge is 0.496 e.